The van der Waals surface area contributed by atoms with Crippen molar-refractivity contribution in [1.82, 2.24) is 0 Å². The number of carbonyl (C=O) groups is 1. The molecule has 0 aliphatic carbocycles. The zero-order valence-corrected chi connectivity index (χ0v) is 13.0. The van der Waals surface area contributed by atoms with Gasteiger partial charge in [0.1, 0.15) is 5.75 Å². The van der Waals surface area contributed by atoms with E-state index in [0.29, 0.717) is 25.3 Å². The highest BCUT2D eigenvalue weighted by Gasteiger charge is 2.02. The van der Waals surface area contributed by atoms with E-state index in [-0.39, 0.29) is 18.3 Å². The van der Waals surface area contributed by atoms with Crippen molar-refractivity contribution >= 4 is 24.0 Å². The van der Waals surface area contributed by atoms with Crippen molar-refractivity contribution in [2.24, 2.45) is 11.7 Å². The molecule has 0 aliphatic rings. The Hall–Kier alpha value is -1.26. The summed E-state index contributed by atoms with van der Waals surface area (Å²) in [5.41, 5.74) is 6.15. The second-order valence-corrected chi connectivity index (χ2v) is 5.00. The fraction of sp³-hybridized carbons (Fsp3) is 0.533. The third-order valence-corrected chi connectivity index (χ3v) is 2.71. The van der Waals surface area contributed by atoms with Crippen molar-refractivity contribution in [2.75, 3.05) is 18.5 Å². The molecule has 1 aromatic rings. The molecule has 0 bridgehead atoms. The van der Waals surface area contributed by atoms with Crippen LogP contribution in [0.4, 0.5) is 5.69 Å². The third kappa shape index (κ3) is 8.02. The number of halogens is 1. The van der Waals surface area contributed by atoms with Crippen LogP contribution in [0, 0.1) is 5.92 Å². The molecule has 0 radical (unpaired) electrons. The smallest absolute Gasteiger partial charge is 0.224 e. The monoisotopic (exact) mass is 300 g/mol. The number of amides is 1. The molecule has 0 atom stereocenters. The molecule has 1 aromatic carbocycles. The first-order chi connectivity index (χ1) is 9.11. The van der Waals surface area contributed by atoms with E-state index in [1.165, 1.54) is 0 Å². The molecule has 4 nitrogen and oxygen atoms in total. The first-order valence-electron chi connectivity index (χ1n) is 6.84. The van der Waals surface area contributed by atoms with Gasteiger partial charge < -0.3 is 15.8 Å². The fourth-order valence-corrected chi connectivity index (χ4v) is 1.53. The maximum Gasteiger partial charge on any atom is 0.224 e. The number of rotatable bonds is 8. The van der Waals surface area contributed by atoms with Gasteiger partial charge in [0.15, 0.2) is 0 Å². The molecule has 20 heavy (non-hydrogen) atoms. The lowest BCUT2D eigenvalue weighted by molar-refractivity contribution is -0.116. The van der Waals surface area contributed by atoms with Gasteiger partial charge in [-0.15, -0.1) is 12.4 Å². The van der Waals surface area contributed by atoms with Gasteiger partial charge in [0.05, 0.1) is 6.61 Å². The first kappa shape index (κ1) is 18.7. The summed E-state index contributed by atoms with van der Waals surface area (Å²) in [4.78, 5) is 11.5. The number of hydrogen-bond acceptors (Lipinski definition) is 3. The summed E-state index contributed by atoms with van der Waals surface area (Å²) < 4.78 is 5.61. The Bertz CT molecular complexity index is 380. The normalized spacial score (nSPS) is 10.0. The van der Waals surface area contributed by atoms with E-state index < -0.39 is 0 Å². The van der Waals surface area contributed by atoms with Gasteiger partial charge in [0.2, 0.25) is 5.91 Å². The van der Waals surface area contributed by atoms with Gasteiger partial charge in [0.25, 0.3) is 0 Å². The van der Waals surface area contributed by atoms with Gasteiger partial charge in [-0.25, -0.2) is 0 Å². The predicted molar refractivity (Wildman–Crippen MR) is 85.6 cm³/mol. The summed E-state index contributed by atoms with van der Waals surface area (Å²) >= 11 is 0. The summed E-state index contributed by atoms with van der Waals surface area (Å²) in [6, 6.07) is 7.45. The Balaban J connectivity index is 0.00000361. The van der Waals surface area contributed by atoms with E-state index in [2.05, 4.69) is 19.2 Å². The molecule has 0 saturated carbocycles. The van der Waals surface area contributed by atoms with Crippen molar-refractivity contribution in [3.8, 4) is 5.75 Å². The molecular weight excluding hydrogens is 276 g/mol. The van der Waals surface area contributed by atoms with E-state index in [0.717, 1.165) is 24.5 Å². The second-order valence-electron chi connectivity index (χ2n) is 5.00. The number of nitrogens with one attached hydrogen (secondary N) is 1. The molecule has 0 heterocycles. The van der Waals surface area contributed by atoms with E-state index in [1.54, 1.807) is 0 Å². The lowest BCUT2D eigenvalue weighted by Crippen LogP contribution is -2.13. The highest BCUT2D eigenvalue weighted by atomic mass is 35.5. The van der Waals surface area contributed by atoms with Crippen LogP contribution in [0.5, 0.6) is 5.75 Å². The van der Waals surface area contributed by atoms with Crippen LogP contribution in [-0.2, 0) is 4.79 Å². The van der Waals surface area contributed by atoms with Crippen LogP contribution in [0.1, 0.15) is 33.1 Å². The first-order valence-corrected chi connectivity index (χ1v) is 6.84. The van der Waals surface area contributed by atoms with Crippen LogP contribution < -0.4 is 15.8 Å². The zero-order chi connectivity index (χ0) is 14.1. The average Bonchev–Trinajstić information content (AvgIpc) is 2.38. The summed E-state index contributed by atoms with van der Waals surface area (Å²) in [6.07, 6.45) is 2.21. The van der Waals surface area contributed by atoms with Crippen molar-refractivity contribution in [1.29, 1.82) is 0 Å². The molecule has 0 saturated heterocycles. The van der Waals surface area contributed by atoms with Gasteiger partial charge >= 0.3 is 0 Å². The van der Waals surface area contributed by atoms with Crippen LogP contribution in [0.25, 0.3) is 0 Å². The summed E-state index contributed by atoms with van der Waals surface area (Å²) in [5.74, 6) is 1.47. The molecule has 0 unspecified atom stereocenters. The molecular formula is C15H25ClN2O2. The minimum absolute atomic E-state index is 0. The fourth-order valence-electron chi connectivity index (χ4n) is 1.53. The largest absolute Gasteiger partial charge is 0.494 e. The number of anilines is 1. The quantitative estimate of drug-likeness (QED) is 0.775. The Kier molecular flexibility index (Phi) is 9.86. The number of carbonyl (C=O) groups excluding carboxylic acids is 1. The molecule has 114 valence electrons. The van der Waals surface area contributed by atoms with Crippen molar-refractivity contribution in [2.45, 2.75) is 33.1 Å². The Morgan fingerprint density at radius 3 is 2.50 bits per heavy atom. The van der Waals surface area contributed by atoms with Gasteiger partial charge in [0, 0.05) is 12.1 Å². The molecule has 0 spiro atoms. The van der Waals surface area contributed by atoms with Crippen LogP contribution in [0.3, 0.4) is 0 Å². The minimum atomic E-state index is -0.000994. The van der Waals surface area contributed by atoms with Crippen LogP contribution in [0.15, 0.2) is 24.3 Å². The molecule has 0 aromatic heterocycles. The van der Waals surface area contributed by atoms with Crippen LogP contribution >= 0.6 is 12.4 Å². The van der Waals surface area contributed by atoms with Crippen molar-refractivity contribution in [3.05, 3.63) is 24.3 Å². The zero-order valence-electron chi connectivity index (χ0n) is 12.2. The minimum Gasteiger partial charge on any atom is -0.494 e. The Labute approximate surface area is 127 Å². The summed E-state index contributed by atoms with van der Waals surface area (Å²) in [5, 5.41) is 2.83. The molecule has 1 amide bonds. The Morgan fingerprint density at radius 1 is 1.30 bits per heavy atom. The van der Waals surface area contributed by atoms with Gasteiger partial charge in [-0.05, 0) is 49.6 Å². The maximum atomic E-state index is 11.5. The molecule has 0 fully saturated rings. The highest BCUT2D eigenvalue weighted by molar-refractivity contribution is 5.90. The predicted octanol–water partition coefficient (Wildman–Crippen LogP) is 3.21. The highest BCUT2D eigenvalue weighted by Crippen LogP contribution is 2.16. The van der Waals surface area contributed by atoms with Gasteiger partial charge in [-0.2, -0.15) is 0 Å². The third-order valence-electron chi connectivity index (χ3n) is 2.71. The second kappa shape index (κ2) is 10.5. The van der Waals surface area contributed by atoms with Gasteiger partial charge in [-0.1, -0.05) is 13.8 Å². The van der Waals surface area contributed by atoms with E-state index in [9.17, 15) is 4.79 Å². The van der Waals surface area contributed by atoms with E-state index in [1.807, 2.05) is 24.3 Å². The Morgan fingerprint density at radius 2 is 1.95 bits per heavy atom. The van der Waals surface area contributed by atoms with Gasteiger partial charge in [-0.3, -0.25) is 4.79 Å². The maximum absolute atomic E-state index is 11.5. The SMILES string of the molecule is CC(C)CCOc1ccc(NC(=O)CCCN)cc1.Cl. The molecule has 3 N–H and O–H groups in total. The standard InChI is InChI=1S/C15H24N2O2.ClH/c1-12(2)9-11-19-14-7-5-13(6-8-14)17-15(18)4-3-10-16;/h5-8,12H,3-4,9-11,16H2,1-2H3,(H,17,18);1H. The van der Waals surface area contributed by atoms with E-state index in [4.69, 9.17) is 10.5 Å². The van der Waals surface area contributed by atoms with Crippen molar-refractivity contribution in [3.63, 3.8) is 0 Å². The number of nitrogens with two attached hydrogens (primary N) is 1. The van der Waals surface area contributed by atoms with Crippen LogP contribution in [0.2, 0.25) is 0 Å². The number of hydrogen-bond donors (Lipinski definition) is 2. The molecule has 5 heteroatoms. The average molecular weight is 301 g/mol. The topological polar surface area (TPSA) is 64.3 Å². The summed E-state index contributed by atoms with van der Waals surface area (Å²) in [7, 11) is 0. The number of benzene rings is 1. The lowest BCUT2D eigenvalue weighted by atomic mass is 10.1. The molecule has 0 aliphatic heterocycles. The molecule has 1 rings (SSSR count). The van der Waals surface area contributed by atoms with Crippen LogP contribution in [-0.4, -0.2) is 19.1 Å². The lowest BCUT2D eigenvalue weighted by Gasteiger charge is -2.09. The summed E-state index contributed by atoms with van der Waals surface area (Å²) in [6.45, 7) is 5.60. The number of ether oxygens (including phenoxy) is 1. The van der Waals surface area contributed by atoms with E-state index >= 15 is 0 Å². The van der Waals surface area contributed by atoms with Crippen molar-refractivity contribution < 1.29 is 9.53 Å².